The van der Waals surface area contributed by atoms with Crippen LogP contribution in [-0.2, 0) is 0 Å². The Morgan fingerprint density at radius 1 is 1.14 bits per heavy atom. The van der Waals surface area contributed by atoms with Gasteiger partial charge in [0.2, 0.25) is 0 Å². The molecule has 21 heavy (non-hydrogen) atoms. The van der Waals surface area contributed by atoms with Crippen molar-refractivity contribution in [2.45, 2.75) is 0 Å². The zero-order valence-electron chi connectivity index (χ0n) is 10.6. The van der Waals surface area contributed by atoms with Crippen molar-refractivity contribution >= 4 is 22.7 Å². The van der Waals surface area contributed by atoms with Crippen LogP contribution in [0.2, 0.25) is 0 Å². The van der Waals surface area contributed by atoms with Gasteiger partial charge >= 0.3 is 5.76 Å². The van der Waals surface area contributed by atoms with E-state index in [0.29, 0.717) is 5.52 Å². The highest BCUT2D eigenvalue weighted by molar-refractivity contribution is 6.00. The number of oxazole rings is 1. The third-order valence-corrected chi connectivity index (χ3v) is 2.99. The number of hydrogen-bond acceptors (Lipinski definition) is 5. The fourth-order valence-corrected chi connectivity index (χ4v) is 2.04. The Labute approximate surface area is 117 Å². The smallest absolute Gasteiger partial charge is 0.407 e. The van der Waals surface area contributed by atoms with Gasteiger partial charge in [-0.2, -0.15) is 0 Å². The largest absolute Gasteiger partial charge is 0.427 e. The lowest BCUT2D eigenvalue weighted by atomic mass is 10.2. The number of benzene rings is 2. The lowest BCUT2D eigenvalue weighted by molar-refractivity contribution is -0.384. The van der Waals surface area contributed by atoms with Crippen LogP contribution in [0.5, 0.6) is 0 Å². The van der Waals surface area contributed by atoms with Crippen LogP contribution in [-0.4, -0.2) is 15.4 Å². The van der Waals surface area contributed by atoms with Gasteiger partial charge in [0.15, 0.2) is 5.58 Å². The minimum absolute atomic E-state index is 0.0397. The van der Waals surface area contributed by atoms with Crippen molar-refractivity contribution < 1.29 is 14.1 Å². The summed E-state index contributed by atoms with van der Waals surface area (Å²) >= 11 is 0. The minimum Gasteiger partial charge on any atom is -0.407 e. The molecular weight excluding hydrogens is 276 g/mol. The molecule has 0 aliphatic carbocycles. The van der Waals surface area contributed by atoms with E-state index in [2.05, 4.69) is 0 Å². The quantitative estimate of drug-likeness (QED) is 0.531. The number of non-ortho nitro benzene ring substituents is 1. The molecule has 0 aliphatic heterocycles. The Kier molecular flexibility index (Phi) is 2.87. The molecule has 1 heterocycles. The second kappa shape index (κ2) is 4.71. The molecule has 2 aromatic carbocycles. The molecule has 0 radical (unpaired) electrons. The zero-order chi connectivity index (χ0) is 15.0. The van der Waals surface area contributed by atoms with Crippen LogP contribution in [0.15, 0.2) is 57.7 Å². The zero-order valence-corrected chi connectivity index (χ0v) is 10.6. The molecule has 0 fully saturated rings. The minimum atomic E-state index is -0.826. The van der Waals surface area contributed by atoms with Crippen LogP contribution in [0, 0.1) is 10.1 Å². The molecule has 0 N–H and O–H groups in total. The van der Waals surface area contributed by atoms with Gasteiger partial charge in [-0.05, 0) is 18.2 Å². The molecule has 0 aliphatic rings. The van der Waals surface area contributed by atoms with Gasteiger partial charge in [0, 0.05) is 17.7 Å². The molecule has 3 aromatic rings. The summed E-state index contributed by atoms with van der Waals surface area (Å²) in [6, 6.07) is 11.7. The van der Waals surface area contributed by atoms with Gasteiger partial charge in [0.25, 0.3) is 11.6 Å². The molecule has 3 rings (SSSR count). The SMILES string of the molecule is O=C(c1cccc([N+](=O)[O-])c1)n1c(=O)oc2ccccc21. The van der Waals surface area contributed by atoms with Crippen molar-refractivity contribution in [3.63, 3.8) is 0 Å². The van der Waals surface area contributed by atoms with E-state index in [4.69, 9.17) is 4.42 Å². The van der Waals surface area contributed by atoms with Crippen LogP contribution in [0.1, 0.15) is 10.4 Å². The number of nitro benzene ring substituents is 1. The first-order valence-electron chi connectivity index (χ1n) is 5.97. The van der Waals surface area contributed by atoms with Crippen LogP contribution >= 0.6 is 0 Å². The molecule has 0 spiro atoms. The number of carbonyl (C=O) groups excluding carboxylic acids is 1. The number of fused-ring (bicyclic) bond motifs is 1. The van der Waals surface area contributed by atoms with Crippen LogP contribution in [0.25, 0.3) is 11.1 Å². The highest BCUT2D eigenvalue weighted by Gasteiger charge is 2.19. The summed E-state index contributed by atoms with van der Waals surface area (Å²) in [7, 11) is 0. The summed E-state index contributed by atoms with van der Waals surface area (Å²) in [5.41, 5.74) is 0.417. The van der Waals surface area contributed by atoms with E-state index in [0.717, 1.165) is 10.6 Å². The summed E-state index contributed by atoms with van der Waals surface area (Å²) in [4.78, 5) is 34.4. The van der Waals surface area contributed by atoms with E-state index < -0.39 is 16.6 Å². The molecule has 7 heteroatoms. The van der Waals surface area contributed by atoms with Gasteiger partial charge in [-0.15, -0.1) is 0 Å². The second-order valence-corrected chi connectivity index (χ2v) is 4.28. The summed E-state index contributed by atoms with van der Waals surface area (Å²) in [5.74, 6) is -1.50. The molecule has 1 aromatic heterocycles. The maximum Gasteiger partial charge on any atom is 0.427 e. The van der Waals surface area contributed by atoms with E-state index in [1.807, 2.05) is 0 Å². The predicted octanol–water partition coefficient (Wildman–Crippen LogP) is 2.19. The number of nitrogens with zero attached hydrogens (tertiary/aromatic N) is 2. The van der Waals surface area contributed by atoms with Crippen molar-refractivity contribution in [2.75, 3.05) is 0 Å². The van der Waals surface area contributed by atoms with Gasteiger partial charge in [-0.1, -0.05) is 18.2 Å². The molecular formula is C14H8N2O5. The Hall–Kier alpha value is -3.22. The van der Waals surface area contributed by atoms with Gasteiger partial charge in [0.05, 0.1) is 10.4 Å². The number of carbonyl (C=O) groups is 1. The normalized spacial score (nSPS) is 10.7. The van der Waals surface area contributed by atoms with Crippen molar-refractivity contribution in [1.29, 1.82) is 0 Å². The molecule has 104 valence electrons. The molecule has 0 saturated carbocycles. The summed E-state index contributed by atoms with van der Waals surface area (Å²) in [6.45, 7) is 0. The van der Waals surface area contributed by atoms with Crippen molar-refractivity contribution in [3.05, 3.63) is 74.8 Å². The number of para-hydroxylation sites is 2. The third-order valence-electron chi connectivity index (χ3n) is 2.99. The summed E-state index contributed by atoms with van der Waals surface area (Å²) in [5, 5.41) is 10.7. The maximum atomic E-state index is 12.4. The Bertz CT molecular complexity index is 922. The first kappa shape index (κ1) is 12.8. The summed E-state index contributed by atoms with van der Waals surface area (Å²) in [6.07, 6.45) is 0. The van der Waals surface area contributed by atoms with Gasteiger partial charge in [-0.3, -0.25) is 14.9 Å². The van der Waals surface area contributed by atoms with Crippen LogP contribution < -0.4 is 5.76 Å². The van der Waals surface area contributed by atoms with E-state index in [9.17, 15) is 19.7 Å². The monoisotopic (exact) mass is 284 g/mol. The molecule has 0 atom stereocenters. The molecule has 0 unspecified atom stereocenters. The van der Waals surface area contributed by atoms with Crippen LogP contribution in [0.3, 0.4) is 0 Å². The standard InChI is InChI=1S/C14H8N2O5/c17-13(9-4-3-5-10(8-9)16(19)20)15-11-6-1-2-7-12(11)21-14(15)18/h1-8H. The van der Waals surface area contributed by atoms with Gasteiger partial charge in [0.1, 0.15) is 0 Å². The fourth-order valence-electron chi connectivity index (χ4n) is 2.04. The van der Waals surface area contributed by atoms with Gasteiger partial charge < -0.3 is 4.42 Å². The Morgan fingerprint density at radius 2 is 1.90 bits per heavy atom. The highest BCUT2D eigenvalue weighted by atomic mass is 16.6. The lowest BCUT2D eigenvalue weighted by Gasteiger charge is -2.01. The average molecular weight is 284 g/mol. The lowest BCUT2D eigenvalue weighted by Crippen LogP contribution is -2.23. The number of aromatic nitrogens is 1. The first-order chi connectivity index (χ1) is 10.1. The molecule has 0 saturated heterocycles. The van der Waals surface area contributed by atoms with Crippen molar-refractivity contribution in [2.24, 2.45) is 0 Å². The third kappa shape index (κ3) is 2.10. The van der Waals surface area contributed by atoms with Gasteiger partial charge in [-0.25, -0.2) is 9.36 Å². The summed E-state index contributed by atoms with van der Waals surface area (Å²) < 4.78 is 5.83. The van der Waals surface area contributed by atoms with E-state index in [-0.39, 0.29) is 16.8 Å². The van der Waals surface area contributed by atoms with E-state index in [1.165, 1.54) is 18.2 Å². The van der Waals surface area contributed by atoms with E-state index >= 15 is 0 Å². The number of nitro groups is 1. The second-order valence-electron chi connectivity index (χ2n) is 4.28. The molecule has 0 bridgehead atoms. The fraction of sp³-hybridized carbons (Fsp3) is 0. The topological polar surface area (TPSA) is 95.3 Å². The number of rotatable bonds is 2. The average Bonchev–Trinajstić information content (AvgIpc) is 2.82. The maximum absolute atomic E-state index is 12.4. The van der Waals surface area contributed by atoms with Crippen molar-refractivity contribution in [3.8, 4) is 0 Å². The van der Waals surface area contributed by atoms with E-state index in [1.54, 1.807) is 24.3 Å². The Balaban J connectivity index is 2.17. The molecule has 0 amide bonds. The molecule has 7 nitrogen and oxygen atoms in total. The predicted molar refractivity (Wildman–Crippen MR) is 73.3 cm³/mol. The van der Waals surface area contributed by atoms with Crippen molar-refractivity contribution in [1.82, 2.24) is 4.57 Å². The number of hydrogen-bond donors (Lipinski definition) is 0. The first-order valence-corrected chi connectivity index (χ1v) is 5.97. The highest BCUT2D eigenvalue weighted by Crippen LogP contribution is 2.17. The Morgan fingerprint density at radius 3 is 2.67 bits per heavy atom. The van der Waals surface area contributed by atoms with Crippen LogP contribution in [0.4, 0.5) is 5.69 Å².